The van der Waals surface area contributed by atoms with E-state index in [0.717, 1.165) is 11.1 Å². The van der Waals surface area contributed by atoms with Crippen molar-refractivity contribution in [3.63, 3.8) is 0 Å². The Morgan fingerprint density at radius 3 is 1.29 bits per heavy atom. The summed E-state index contributed by atoms with van der Waals surface area (Å²) in [4.78, 5) is 0. The number of anilines is 2. The van der Waals surface area contributed by atoms with Crippen LogP contribution < -0.4 is 11.5 Å². The molecule has 0 bridgehead atoms. The van der Waals surface area contributed by atoms with Crippen molar-refractivity contribution in [3.8, 4) is 0 Å². The first kappa shape index (κ1) is 13.5. The topological polar surface area (TPSA) is 89.0 Å². The molecular weight excluding hydrogens is 467 g/mol. The van der Waals surface area contributed by atoms with Crippen molar-refractivity contribution in [1.29, 1.82) is 0 Å². The maximum absolute atomic E-state index is 5.75. The average Bonchev–Trinajstić information content (AvgIpc) is 2.39. The molecule has 0 aromatic heterocycles. The van der Waals surface area contributed by atoms with Crippen molar-refractivity contribution in [2.24, 2.45) is 0 Å². The fourth-order valence-electron chi connectivity index (χ4n) is 2.23. The van der Waals surface area contributed by atoms with Gasteiger partial charge in [0.05, 0.1) is 0 Å². The van der Waals surface area contributed by atoms with Crippen LogP contribution >= 0.6 is 0 Å². The quantitative estimate of drug-likeness (QED) is 0.505. The second kappa shape index (κ2) is 4.92. The van der Waals surface area contributed by atoms with Crippen molar-refractivity contribution in [3.05, 3.63) is 59.7 Å². The minimum absolute atomic E-state index is 0.403. The van der Waals surface area contributed by atoms with E-state index in [9.17, 15) is 0 Å². The number of hydrogen-bond donors (Lipinski definition) is 2. The zero-order chi connectivity index (χ0) is 14.4. The van der Waals surface area contributed by atoms with Crippen LogP contribution in [0.25, 0.3) is 0 Å². The van der Waals surface area contributed by atoms with Crippen LogP contribution in [0.15, 0.2) is 48.5 Å². The van der Waals surface area contributed by atoms with Gasteiger partial charge in [-0.3, -0.25) is 0 Å². The SMILES string of the molecule is Nc1ccc(C2[O][Pb]3([O]2)[O]C(c2ccc(N)cc2)[O]3)cc1. The molecule has 0 unspecified atom stereocenters. The van der Waals surface area contributed by atoms with Gasteiger partial charge in [0, 0.05) is 0 Å². The standard InChI is InChI=1S/2C7H7NO2.Pb/c2*8-6-3-1-5(2-4-6)7(9)10;/h2*1-4,7H,8H2;/q2*-2;+4. The molecular formula is C14H14N2O4Pb. The Morgan fingerprint density at radius 2 is 0.952 bits per heavy atom. The van der Waals surface area contributed by atoms with E-state index in [0.29, 0.717) is 11.4 Å². The molecule has 1 spiro atoms. The van der Waals surface area contributed by atoms with E-state index in [1.165, 1.54) is 0 Å². The summed E-state index contributed by atoms with van der Waals surface area (Å²) in [5.41, 5.74) is 14.5. The Bertz CT molecular complexity index is 587. The number of hydrogen-bond acceptors (Lipinski definition) is 6. The Labute approximate surface area is 128 Å². The first-order valence-corrected chi connectivity index (χ1v) is 12.9. The molecule has 0 saturated carbocycles. The van der Waals surface area contributed by atoms with Crippen LogP contribution in [0.2, 0.25) is 0 Å². The van der Waals surface area contributed by atoms with Crippen LogP contribution in [0.5, 0.6) is 0 Å². The summed E-state index contributed by atoms with van der Waals surface area (Å²) in [6, 6.07) is 14.7. The second-order valence-electron chi connectivity index (χ2n) is 4.97. The molecule has 2 aromatic carbocycles. The summed E-state index contributed by atoms with van der Waals surface area (Å²) in [6.45, 7) is 0. The zero-order valence-corrected chi connectivity index (χ0v) is 14.9. The summed E-state index contributed by atoms with van der Waals surface area (Å²) >= 11 is -3.77. The fraction of sp³-hybridized carbons (Fsp3) is 0.143. The van der Waals surface area contributed by atoms with Gasteiger partial charge in [0.25, 0.3) is 0 Å². The van der Waals surface area contributed by atoms with Gasteiger partial charge in [0.1, 0.15) is 0 Å². The molecule has 108 valence electrons. The van der Waals surface area contributed by atoms with Crippen molar-refractivity contribution < 1.29 is 10.7 Å². The molecule has 2 saturated heterocycles. The summed E-state index contributed by atoms with van der Waals surface area (Å²) in [7, 11) is 0. The van der Waals surface area contributed by atoms with E-state index in [2.05, 4.69) is 0 Å². The van der Waals surface area contributed by atoms with Crippen LogP contribution in [0.4, 0.5) is 11.4 Å². The van der Waals surface area contributed by atoms with Gasteiger partial charge in [0.2, 0.25) is 0 Å². The van der Waals surface area contributed by atoms with Crippen LogP contribution in [-0.4, -0.2) is 23.0 Å². The van der Waals surface area contributed by atoms with E-state index in [1.54, 1.807) is 0 Å². The van der Waals surface area contributed by atoms with Crippen molar-refractivity contribution >= 4 is 34.4 Å². The monoisotopic (exact) mass is 482 g/mol. The summed E-state index contributed by atoms with van der Waals surface area (Å²) < 4.78 is 23.0. The third-order valence-corrected chi connectivity index (χ3v) is 11.2. The molecule has 2 heterocycles. The van der Waals surface area contributed by atoms with E-state index in [-0.39, 0.29) is 0 Å². The molecule has 6 nitrogen and oxygen atoms in total. The van der Waals surface area contributed by atoms with Crippen molar-refractivity contribution in [2.45, 2.75) is 12.6 Å². The third kappa shape index (κ3) is 2.42. The van der Waals surface area contributed by atoms with Gasteiger partial charge in [0.15, 0.2) is 0 Å². The van der Waals surface area contributed by atoms with E-state index in [4.69, 9.17) is 22.2 Å². The molecule has 2 aliphatic heterocycles. The van der Waals surface area contributed by atoms with Crippen LogP contribution in [0, 0.1) is 0 Å². The predicted molar refractivity (Wildman–Crippen MR) is 77.3 cm³/mol. The minimum atomic E-state index is -3.77. The zero-order valence-electron chi connectivity index (χ0n) is 11.1. The van der Waals surface area contributed by atoms with Gasteiger partial charge >= 0.3 is 129 Å². The van der Waals surface area contributed by atoms with Gasteiger partial charge in [-0.15, -0.1) is 0 Å². The molecule has 2 fully saturated rings. The molecule has 0 aliphatic carbocycles. The van der Waals surface area contributed by atoms with Crippen LogP contribution in [0.1, 0.15) is 23.7 Å². The molecule has 4 rings (SSSR count). The molecule has 21 heavy (non-hydrogen) atoms. The number of nitrogen functional groups attached to an aromatic ring is 2. The van der Waals surface area contributed by atoms with Gasteiger partial charge in [-0.1, -0.05) is 0 Å². The summed E-state index contributed by atoms with van der Waals surface area (Å²) in [5, 5.41) is 0. The first-order chi connectivity index (χ1) is 10.1. The molecule has 0 atom stereocenters. The number of rotatable bonds is 2. The van der Waals surface area contributed by atoms with Gasteiger partial charge in [-0.25, -0.2) is 0 Å². The van der Waals surface area contributed by atoms with Crippen molar-refractivity contribution in [1.82, 2.24) is 0 Å². The molecule has 0 amide bonds. The summed E-state index contributed by atoms with van der Waals surface area (Å²) in [5.74, 6) is 0. The average molecular weight is 481 g/mol. The molecule has 2 aromatic rings. The Kier molecular flexibility index (Phi) is 3.15. The Hall–Kier alpha value is -1.20. The first-order valence-electron chi connectivity index (χ1n) is 6.56. The fourth-order valence-corrected chi connectivity index (χ4v) is 9.43. The van der Waals surface area contributed by atoms with Gasteiger partial charge in [-0.05, 0) is 0 Å². The maximum atomic E-state index is 5.75. The Morgan fingerprint density at radius 1 is 0.619 bits per heavy atom. The molecule has 4 N–H and O–H groups in total. The van der Waals surface area contributed by atoms with Crippen LogP contribution in [-0.2, 0) is 10.7 Å². The Balaban J connectivity index is 1.36. The second-order valence-corrected chi connectivity index (χ2v) is 12.5. The number of nitrogens with two attached hydrogens (primary N) is 2. The molecule has 7 heteroatoms. The van der Waals surface area contributed by atoms with E-state index in [1.807, 2.05) is 48.5 Å². The van der Waals surface area contributed by atoms with E-state index < -0.39 is 35.6 Å². The normalized spacial score (nSPS) is 30.7. The predicted octanol–water partition coefficient (Wildman–Crippen LogP) is 2.08. The van der Waals surface area contributed by atoms with Gasteiger partial charge < -0.3 is 0 Å². The third-order valence-electron chi connectivity index (χ3n) is 3.42. The van der Waals surface area contributed by atoms with Crippen molar-refractivity contribution in [2.75, 3.05) is 11.5 Å². The van der Waals surface area contributed by atoms with Gasteiger partial charge in [-0.2, -0.15) is 0 Å². The summed E-state index contributed by atoms with van der Waals surface area (Å²) in [6.07, 6.45) is -0.806. The van der Waals surface area contributed by atoms with E-state index >= 15 is 0 Å². The number of benzene rings is 2. The molecule has 0 radical (unpaired) electrons. The molecule has 2 aliphatic rings. The van der Waals surface area contributed by atoms with Crippen LogP contribution in [0.3, 0.4) is 0 Å².